The maximum atomic E-state index is 12.9. The van der Waals surface area contributed by atoms with E-state index >= 15 is 0 Å². The summed E-state index contributed by atoms with van der Waals surface area (Å²) in [6.45, 7) is 4.68. The zero-order valence-electron chi connectivity index (χ0n) is 19.2. The summed E-state index contributed by atoms with van der Waals surface area (Å²) < 4.78 is 7.50. The van der Waals surface area contributed by atoms with Gasteiger partial charge in [0, 0.05) is 35.4 Å². The molecule has 0 saturated heterocycles. The number of aryl methyl sites for hydroxylation is 1. The Balaban J connectivity index is 1.45. The van der Waals surface area contributed by atoms with Gasteiger partial charge in [-0.15, -0.1) is 0 Å². The van der Waals surface area contributed by atoms with Crippen LogP contribution in [0.25, 0.3) is 0 Å². The van der Waals surface area contributed by atoms with Gasteiger partial charge in [0.05, 0.1) is 12.6 Å². The molecule has 0 radical (unpaired) electrons. The van der Waals surface area contributed by atoms with E-state index < -0.39 is 0 Å². The van der Waals surface area contributed by atoms with Gasteiger partial charge in [-0.05, 0) is 55.8 Å². The molecule has 0 amide bonds. The number of aromatic nitrogens is 3. The molecule has 0 saturated carbocycles. The summed E-state index contributed by atoms with van der Waals surface area (Å²) >= 11 is 0. The van der Waals surface area contributed by atoms with E-state index in [0.29, 0.717) is 18.1 Å². The van der Waals surface area contributed by atoms with Crippen molar-refractivity contribution in [3.05, 3.63) is 118 Å². The van der Waals surface area contributed by atoms with Gasteiger partial charge in [-0.1, -0.05) is 42.2 Å². The molecule has 4 rings (SSSR count). The van der Waals surface area contributed by atoms with Crippen LogP contribution in [0.2, 0.25) is 0 Å². The topological polar surface area (TPSA) is 69.0 Å². The second kappa shape index (κ2) is 11.0. The van der Waals surface area contributed by atoms with Gasteiger partial charge < -0.3 is 14.6 Å². The SMILES string of the molecule is Cc1cc(OCc2ncccn2)cc(=O)n1[C@H](C)c1cccc(C#CCNc2ccccc2)c1. The number of rotatable bonds is 7. The summed E-state index contributed by atoms with van der Waals surface area (Å²) in [6.07, 6.45) is 3.32. The quantitative estimate of drug-likeness (QED) is 0.417. The smallest absolute Gasteiger partial charge is 0.254 e. The number of pyridine rings is 1. The molecule has 0 aliphatic heterocycles. The molecule has 170 valence electrons. The summed E-state index contributed by atoms with van der Waals surface area (Å²) in [7, 11) is 0. The van der Waals surface area contributed by atoms with E-state index in [0.717, 1.165) is 22.5 Å². The lowest BCUT2D eigenvalue weighted by atomic mass is 10.0. The standard InChI is InChI=1S/C28H26N4O2/c1-21-17-26(34-20-27-30-15-8-16-31-27)19-28(33)32(21)22(2)24-11-6-9-23(18-24)10-7-14-29-25-12-4-3-5-13-25/h3-6,8-9,11-13,15-19,22,29H,14,20H2,1-2H3/t22-/m1/s1. The third kappa shape index (κ3) is 5.90. The lowest BCUT2D eigenvalue weighted by Crippen LogP contribution is -2.25. The zero-order valence-corrected chi connectivity index (χ0v) is 19.2. The first-order valence-electron chi connectivity index (χ1n) is 11.1. The maximum absolute atomic E-state index is 12.9. The summed E-state index contributed by atoms with van der Waals surface area (Å²) in [6, 6.07) is 22.9. The minimum atomic E-state index is -0.150. The molecule has 6 heteroatoms. The minimum absolute atomic E-state index is 0.125. The molecule has 0 aliphatic rings. The lowest BCUT2D eigenvalue weighted by Gasteiger charge is -2.19. The first-order chi connectivity index (χ1) is 16.6. The highest BCUT2D eigenvalue weighted by Gasteiger charge is 2.14. The number of para-hydroxylation sites is 1. The number of hydrogen-bond acceptors (Lipinski definition) is 5. The van der Waals surface area contributed by atoms with E-state index in [1.165, 1.54) is 6.07 Å². The monoisotopic (exact) mass is 450 g/mol. The van der Waals surface area contributed by atoms with Crippen molar-refractivity contribution in [2.24, 2.45) is 0 Å². The van der Waals surface area contributed by atoms with Gasteiger partial charge in [-0.3, -0.25) is 4.79 Å². The zero-order chi connectivity index (χ0) is 23.8. The van der Waals surface area contributed by atoms with Crippen LogP contribution in [0.15, 0.2) is 90.0 Å². The Hall–Kier alpha value is -4.37. The third-order valence-corrected chi connectivity index (χ3v) is 5.37. The van der Waals surface area contributed by atoms with Crippen molar-refractivity contribution in [3.8, 4) is 17.6 Å². The maximum Gasteiger partial charge on any atom is 0.254 e. The van der Waals surface area contributed by atoms with Crippen LogP contribution in [-0.2, 0) is 6.61 Å². The number of nitrogens with one attached hydrogen (secondary N) is 1. The first-order valence-corrected chi connectivity index (χ1v) is 11.1. The van der Waals surface area contributed by atoms with Crippen molar-refractivity contribution in [1.82, 2.24) is 14.5 Å². The van der Waals surface area contributed by atoms with Crippen molar-refractivity contribution in [1.29, 1.82) is 0 Å². The van der Waals surface area contributed by atoms with Crippen molar-refractivity contribution in [2.45, 2.75) is 26.5 Å². The highest BCUT2D eigenvalue weighted by Crippen LogP contribution is 2.21. The molecule has 2 aromatic heterocycles. The molecule has 1 N–H and O–H groups in total. The fourth-order valence-electron chi connectivity index (χ4n) is 3.69. The molecule has 1 atom stereocenters. The molecule has 0 unspecified atom stereocenters. The van der Waals surface area contributed by atoms with E-state index in [-0.39, 0.29) is 18.2 Å². The molecule has 0 aliphatic carbocycles. The van der Waals surface area contributed by atoms with Gasteiger partial charge in [0.1, 0.15) is 12.4 Å². The molecule has 0 spiro atoms. The third-order valence-electron chi connectivity index (χ3n) is 5.37. The highest BCUT2D eigenvalue weighted by molar-refractivity contribution is 5.45. The van der Waals surface area contributed by atoms with Crippen LogP contribution in [0.3, 0.4) is 0 Å². The lowest BCUT2D eigenvalue weighted by molar-refractivity contribution is 0.294. The van der Waals surface area contributed by atoms with Crippen LogP contribution < -0.4 is 15.6 Å². The van der Waals surface area contributed by atoms with Crippen LogP contribution in [0.1, 0.15) is 35.6 Å². The molecule has 2 heterocycles. The van der Waals surface area contributed by atoms with Crippen LogP contribution in [-0.4, -0.2) is 21.1 Å². The van der Waals surface area contributed by atoms with E-state index in [9.17, 15) is 4.79 Å². The Morgan fingerprint density at radius 1 is 1.00 bits per heavy atom. The Kier molecular flexibility index (Phi) is 7.36. The fraction of sp³-hybridized carbons (Fsp3) is 0.179. The number of hydrogen-bond donors (Lipinski definition) is 1. The predicted octanol–water partition coefficient (Wildman–Crippen LogP) is 4.60. The van der Waals surface area contributed by atoms with Crippen LogP contribution in [0.5, 0.6) is 5.75 Å². The Morgan fingerprint density at radius 3 is 2.56 bits per heavy atom. The summed E-state index contributed by atoms with van der Waals surface area (Å²) in [5.41, 5.74) is 3.65. The molecule has 0 fully saturated rings. The summed E-state index contributed by atoms with van der Waals surface area (Å²) in [5, 5.41) is 3.28. The van der Waals surface area contributed by atoms with Crippen LogP contribution in [0, 0.1) is 18.8 Å². The van der Waals surface area contributed by atoms with E-state index in [4.69, 9.17) is 4.74 Å². The van der Waals surface area contributed by atoms with Gasteiger partial charge in [0.15, 0.2) is 5.82 Å². The van der Waals surface area contributed by atoms with Crippen LogP contribution >= 0.6 is 0 Å². The number of nitrogens with zero attached hydrogens (tertiary/aromatic N) is 3. The highest BCUT2D eigenvalue weighted by atomic mass is 16.5. The number of benzene rings is 2. The molecule has 4 aromatic rings. The molecule has 34 heavy (non-hydrogen) atoms. The van der Waals surface area contributed by atoms with Crippen LogP contribution in [0.4, 0.5) is 5.69 Å². The van der Waals surface area contributed by atoms with E-state index in [2.05, 4.69) is 27.1 Å². The Morgan fingerprint density at radius 2 is 1.79 bits per heavy atom. The predicted molar refractivity (Wildman–Crippen MR) is 134 cm³/mol. The Bertz CT molecular complexity index is 1360. The second-order valence-electron chi connectivity index (χ2n) is 7.82. The molecular formula is C28H26N4O2. The molecule has 6 nitrogen and oxygen atoms in total. The Labute approximate surface area is 199 Å². The van der Waals surface area contributed by atoms with Gasteiger partial charge in [0.25, 0.3) is 5.56 Å². The van der Waals surface area contributed by atoms with E-state index in [1.807, 2.05) is 74.5 Å². The van der Waals surface area contributed by atoms with Gasteiger partial charge in [-0.25, -0.2) is 9.97 Å². The molecule has 2 aromatic carbocycles. The molecule has 0 bridgehead atoms. The van der Waals surface area contributed by atoms with Crippen molar-refractivity contribution >= 4 is 5.69 Å². The number of anilines is 1. The van der Waals surface area contributed by atoms with Crippen molar-refractivity contribution in [3.63, 3.8) is 0 Å². The average molecular weight is 451 g/mol. The minimum Gasteiger partial charge on any atom is -0.485 e. The summed E-state index contributed by atoms with van der Waals surface area (Å²) in [4.78, 5) is 21.2. The van der Waals surface area contributed by atoms with Gasteiger partial charge in [0.2, 0.25) is 0 Å². The number of ether oxygens (including phenoxy) is 1. The fourth-order valence-corrected chi connectivity index (χ4v) is 3.69. The van der Waals surface area contributed by atoms with Gasteiger partial charge in [-0.2, -0.15) is 0 Å². The average Bonchev–Trinajstić information content (AvgIpc) is 2.86. The largest absolute Gasteiger partial charge is 0.485 e. The first kappa shape index (κ1) is 22.8. The normalized spacial score (nSPS) is 11.2. The second-order valence-corrected chi connectivity index (χ2v) is 7.82. The molecular weight excluding hydrogens is 424 g/mol. The van der Waals surface area contributed by atoms with Crippen molar-refractivity contribution in [2.75, 3.05) is 11.9 Å². The van der Waals surface area contributed by atoms with E-state index in [1.54, 1.807) is 23.0 Å². The summed E-state index contributed by atoms with van der Waals surface area (Å²) in [5.74, 6) is 7.43. The van der Waals surface area contributed by atoms with Gasteiger partial charge >= 0.3 is 0 Å². The van der Waals surface area contributed by atoms with Crippen molar-refractivity contribution < 1.29 is 4.74 Å².